The number of hydrogen-bond acceptors (Lipinski definition) is 5. The van der Waals surface area contributed by atoms with Gasteiger partial charge in [-0.15, -0.1) is 0 Å². The highest BCUT2D eigenvalue weighted by molar-refractivity contribution is 6.32. The summed E-state index contributed by atoms with van der Waals surface area (Å²) in [6.45, 7) is 1.39. The molecule has 1 amide bonds. The third-order valence-electron chi connectivity index (χ3n) is 3.10. The van der Waals surface area contributed by atoms with E-state index in [4.69, 9.17) is 21.6 Å². The minimum Gasteiger partial charge on any atom is -0.451 e. The molecule has 25 heavy (non-hydrogen) atoms. The van der Waals surface area contributed by atoms with E-state index in [1.54, 1.807) is 30.3 Å². The fourth-order valence-electron chi connectivity index (χ4n) is 1.84. The van der Waals surface area contributed by atoms with Crippen LogP contribution in [0.4, 0.5) is 5.69 Å². The van der Waals surface area contributed by atoms with Gasteiger partial charge in [0.2, 0.25) is 0 Å². The van der Waals surface area contributed by atoms with Gasteiger partial charge >= 0.3 is 5.97 Å². The lowest BCUT2D eigenvalue weighted by Crippen LogP contribution is -2.21. The minimum absolute atomic E-state index is 0.124. The van der Waals surface area contributed by atoms with Crippen molar-refractivity contribution < 1.29 is 14.3 Å². The first-order valence-corrected chi connectivity index (χ1v) is 7.63. The molecular weight excluding hydrogens is 342 g/mol. The maximum atomic E-state index is 11.9. The minimum atomic E-state index is -0.879. The topological polar surface area (TPSA) is 92.1 Å². The first kappa shape index (κ1) is 18.2. The van der Waals surface area contributed by atoms with Gasteiger partial charge in [0.05, 0.1) is 5.69 Å². The molecule has 1 aromatic heterocycles. The summed E-state index contributed by atoms with van der Waals surface area (Å²) in [6, 6.07) is 12.2. The van der Waals surface area contributed by atoms with Crippen LogP contribution in [-0.4, -0.2) is 23.5 Å². The largest absolute Gasteiger partial charge is 0.451 e. The summed E-state index contributed by atoms with van der Waals surface area (Å²) in [5.74, 6) is -1.47. The van der Waals surface area contributed by atoms with Gasteiger partial charge in [0.1, 0.15) is 11.6 Å². The number of benzene rings is 1. The number of esters is 1. The van der Waals surface area contributed by atoms with Crippen molar-refractivity contribution in [2.75, 3.05) is 11.9 Å². The van der Waals surface area contributed by atoms with E-state index >= 15 is 0 Å². The molecule has 2 rings (SSSR count). The van der Waals surface area contributed by atoms with Gasteiger partial charge in [-0.3, -0.25) is 4.79 Å². The van der Waals surface area contributed by atoms with Crippen molar-refractivity contribution in [3.63, 3.8) is 0 Å². The lowest BCUT2D eigenvalue weighted by molar-refractivity contribution is -0.142. The number of aromatic nitrogens is 1. The molecule has 126 valence electrons. The summed E-state index contributed by atoms with van der Waals surface area (Å²) in [6.07, 6.45) is 2.88. The van der Waals surface area contributed by atoms with Gasteiger partial charge in [-0.25, -0.2) is 9.78 Å². The summed E-state index contributed by atoms with van der Waals surface area (Å²) in [5, 5.41) is 11.7. The zero-order valence-corrected chi connectivity index (χ0v) is 14.1. The Bertz CT molecular complexity index is 855. The smallest absolute Gasteiger partial charge is 0.349 e. The fourth-order valence-corrected chi connectivity index (χ4v) is 2.01. The van der Waals surface area contributed by atoms with E-state index in [2.05, 4.69) is 10.3 Å². The first-order valence-electron chi connectivity index (χ1n) is 7.25. The number of aryl methyl sites for hydroxylation is 1. The van der Waals surface area contributed by atoms with E-state index in [0.717, 1.165) is 5.56 Å². The van der Waals surface area contributed by atoms with Crippen LogP contribution in [0.5, 0.6) is 0 Å². The molecule has 0 atom stereocenters. The van der Waals surface area contributed by atoms with Crippen LogP contribution < -0.4 is 5.32 Å². The standard InChI is InChI=1S/C18H14ClN3O3/c1-12-4-6-13(7-5-12)9-14(10-20)18(24)25-11-16(23)22-15-3-2-8-21-17(15)19/h2-9H,11H2,1H3,(H,22,23)/b14-9+. The van der Waals surface area contributed by atoms with E-state index in [-0.39, 0.29) is 10.7 Å². The Hall–Kier alpha value is -3.17. The number of nitriles is 1. The monoisotopic (exact) mass is 355 g/mol. The molecule has 0 spiro atoms. The predicted octanol–water partition coefficient (Wildman–Crippen LogP) is 3.13. The number of carbonyl (C=O) groups excluding carboxylic acids is 2. The normalized spacial score (nSPS) is 10.7. The van der Waals surface area contributed by atoms with Gasteiger partial charge in [-0.05, 0) is 30.7 Å². The highest BCUT2D eigenvalue weighted by atomic mass is 35.5. The van der Waals surface area contributed by atoms with Gasteiger partial charge in [-0.2, -0.15) is 5.26 Å². The number of ether oxygens (including phenoxy) is 1. The van der Waals surface area contributed by atoms with Crippen molar-refractivity contribution in [1.29, 1.82) is 5.26 Å². The van der Waals surface area contributed by atoms with Crippen molar-refractivity contribution in [3.05, 3.63) is 64.4 Å². The predicted molar refractivity (Wildman–Crippen MR) is 93.6 cm³/mol. The Morgan fingerprint density at radius 3 is 2.68 bits per heavy atom. The Morgan fingerprint density at radius 2 is 2.04 bits per heavy atom. The summed E-state index contributed by atoms with van der Waals surface area (Å²) >= 11 is 5.82. The molecule has 0 unspecified atom stereocenters. The fraction of sp³-hybridized carbons (Fsp3) is 0.111. The van der Waals surface area contributed by atoms with E-state index in [1.165, 1.54) is 12.3 Å². The molecule has 0 bridgehead atoms. The van der Waals surface area contributed by atoms with Gasteiger partial charge in [0, 0.05) is 6.20 Å². The molecule has 1 N–H and O–H groups in total. The van der Waals surface area contributed by atoms with Crippen molar-refractivity contribution in [3.8, 4) is 6.07 Å². The van der Waals surface area contributed by atoms with Crippen LogP contribution in [0, 0.1) is 18.3 Å². The maximum Gasteiger partial charge on any atom is 0.349 e. The second-order valence-electron chi connectivity index (χ2n) is 5.05. The lowest BCUT2D eigenvalue weighted by atomic mass is 10.1. The van der Waals surface area contributed by atoms with Gasteiger partial charge in [0.25, 0.3) is 5.91 Å². The average Bonchev–Trinajstić information content (AvgIpc) is 2.61. The number of rotatable bonds is 5. The number of nitrogens with zero attached hydrogens (tertiary/aromatic N) is 2. The molecule has 0 aliphatic carbocycles. The van der Waals surface area contributed by atoms with E-state index in [0.29, 0.717) is 11.3 Å². The van der Waals surface area contributed by atoms with Gasteiger partial charge < -0.3 is 10.1 Å². The number of hydrogen-bond donors (Lipinski definition) is 1. The average molecular weight is 356 g/mol. The number of halogens is 1. The second-order valence-corrected chi connectivity index (χ2v) is 5.40. The molecule has 1 heterocycles. The number of pyridine rings is 1. The molecule has 2 aromatic rings. The first-order chi connectivity index (χ1) is 12.0. The molecule has 1 aromatic carbocycles. The molecule has 0 aliphatic rings. The molecule has 0 aliphatic heterocycles. The highest BCUT2D eigenvalue weighted by Crippen LogP contribution is 2.17. The zero-order chi connectivity index (χ0) is 18.2. The molecule has 0 saturated heterocycles. The third kappa shape index (κ3) is 5.44. The van der Waals surface area contributed by atoms with E-state index < -0.39 is 18.5 Å². The Kier molecular flexibility index (Phi) is 6.26. The van der Waals surface area contributed by atoms with Gasteiger partial charge in [-0.1, -0.05) is 41.4 Å². The number of nitrogens with one attached hydrogen (secondary N) is 1. The quantitative estimate of drug-likeness (QED) is 0.385. The molecule has 0 saturated carbocycles. The summed E-state index contributed by atoms with van der Waals surface area (Å²) in [4.78, 5) is 27.5. The van der Waals surface area contributed by atoms with E-state index in [9.17, 15) is 9.59 Å². The van der Waals surface area contributed by atoms with Gasteiger partial charge in [0.15, 0.2) is 11.8 Å². The Balaban J connectivity index is 1.96. The molecule has 0 radical (unpaired) electrons. The third-order valence-corrected chi connectivity index (χ3v) is 3.40. The van der Waals surface area contributed by atoms with Crippen LogP contribution in [0.1, 0.15) is 11.1 Å². The van der Waals surface area contributed by atoms with Crippen LogP contribution in [-0.2, 0) is 14.3 Å². The zero-order valence-electron chi connectivity index (χ0n) is 13.3. The van der Waals surface area contributed by atoms with Crippen LogP contribution in [0.3, 0.4) is 0 Å². The van der Waals surface area contributed by atoms with Crippen molar-refractivity contribution in [1.82, 2.24) is 4.98 Å². The van der Waals surface area contributed by atoms with Crippen LogP contribution in [0.25, 0.3) is 6.08 Å². The van der Waals surface area contributed by atoms with Crippen LogP contribution in [0.2, 0.25) is 5.15 Å². The Labute approximate surface area is 149 Å². The molecule has 6 nitrogen and oxygen atoms in total. The van der Waals surface area contributed by atoms with Crippen molar-refractivity contribution in [2.45, 2.75) is 6.92 Å². The van der Waals surface area contributed by atoms with Crippen LogP contribution in [0.15, 0.2) is 48.2 Å². The van der Waals surface area contributed by atoms with Crippen LogP contribution >= 0.6 is 11.6 Å². The van der Waals surface area contributed by atoms with Crippen molar-refractivity contribution in [2.24, 2.45) is 0 Å². The number of anilines is 1. The highest BCUT2D eigenvalue weighted by Gasteiger charge is 2.14. The molecular formula is C18H14ClN3O3. The summed E-state index contributed by atoms with van der Waals surface area (Å²) < 4.78 is 4.86. The second kappa shape index (κ2) is 8.62. The van der Waals surface area contributed by atoms with Crippen molar-refractivity contribution >= 4 is 35.2 Å². The maximum absolute atomic E-state index is 11.9. The lowest BCUT2D eigenvalue weighted by Gasteiger charge is -2.07. The molecule has 7 heteroatoms. The number of amides is 1. The SMILES string of the molecule is Cc1ccc(/C=C(\C#N)C(=O)OCC(=O)Nc2cccnc2Cl)cc1. The molecule has 0 fully saturated rings. The number of carbonyl (C=O) groups is 2. The summed E-state index contributed by atoms with van der Waals surface area (Å²) in [7, 11) is 0. The Morgan fingerprint density at radius 1 is 1.32 bits per heavy atom. The van der Waals surface area contributed by atoms with E-state index in [1.807, 2.05) is 19.1 Å². The summed E-state index contributed by atoms with van der Waals surface area (Å²) in [5.41, 5.74) is 1.85.